The standard InChI is InChI=1S/C29H27N7O2/c1-19-12-13-21(34-29(37)20-8-3-2-4-9-20)16-23(19)35-27-22(10-7-14-30-27)25-26-28(32-17-31-25)36(18-33-26)24-11-5-6-15-38-24/h2-4,7-10,12-14,16-18,24H,5-6,11,15H2,1H3,(H,30,35)(H,34,37). The molecule has 1 aliphatic rings. The van der Waals surface area contributed by atoms with E-state index in [9.17, 15) is 4.79 Å². The van der Waals surface area contributed by atoms with Gasteiger partial charge in [0, 0.05) is 35.3 Å². The van der Waals surface area contributed by atoms with Gasteiger partial charge in [0.15, 0.2) is 5.65 Å². The van der Waals surface area contributed by atoms with Crippen LogP contribution >= 0.6 is 0 Å². The molecule has 38 heavy (non-hydrogen) atoms. The Balaban J connectivity index is 1.32. The molecule has 1 saturated heterocycles. The maximum Gasteiger partial charge on any atom is 0.255 e. The van der Waals surface area contributed by atoms with Gasteiger partial charge in [-0.3, -0.25) is 9.36 Å². The molecular weight excluding hydrogens is 478 g/mol. The Labute approximate surface area is 220 Å². The van der Waals surface area contributed by atoms with Crippen LogP contribution in [0.25, 0.3) is 22.4 Å². The van der Waals surface area contributed by atoms with E-state index in [1.165, 1.54) is 0 Å². The molecule has 6 rings (SSSR count). The van der Waals surface area contributed by atoms with Crippen LogP contribution in [0.1, 0.15) is 41.4 Å². The topological polar surface area (TPSA) is 107 Å². The number of hydrogen-bond acceptors (Lipinski definition) is 7. The molecule has 0 spiro atoms. The second-order valence-corrected chi connectivity index (χ2v) is 9.24. The number of fused-ring (bicyclic) bond motifs is 1. The van der Waals surface area contributed by atoms with Crippen LogP contribution in [0.15, 0.2) is 79.5 Å². The average molecular weight is 506 g/mol. The fourth-order valence-corrected chi connectivity index (χ4v) is 4.65. The smallest absolute Gasteiger partial charge is 0.255 e. The van der Waals surface area contributed by atoms with Crippen molar-refractivity contribution in [1.82, 2.24) is 24.5 Å². The van der Waals surface area contributed by atoms with E-state index >= 15 is 0 Å². The minimum absolute atomic E-state index is 0.0699. The number of ether oxygens (including phenoxy) is 1. The Hall–Kier alpha value is -4.63. The van der Waals surface area contributed by atoms with E-state index in [-0.39, 0.29) is 12.1 Å². The lowest BCUT2D eigenvalue weighted by Crippen LogP contribution is -2.17. The van der Waals surface area contributed by atoms with Crippen LogP contribution in [0.3, 0.4) is 0 Å². The van der Waals surface area contributed by atoms with Crippen LogP contribution in [0.2, 0.25) is 0 Å². The van der Waals surface area contributed by atoms with Crippen molar-refractivity contribution in [3.63, 3.8) is 0 Å². The van der Waals surface area contributed by atoms with E-state index < -0.39 is 0 Å². The molecule has 1 unspecified atom stereocenters. The molecule has 1 aliphatic heterocycles. The molecule has 4 heterocycles. The molecule has 0 bridgehead atoms. The number of rotatable bonds is 6. The number of imidazole rings is 1. The van der Waals surface area contributed by atoms with Crippen LogP contribution in [-0.4, -0.2) is 37.0 Å². The Morgan fingerprint density at radius 2 is 1.89 bits per heavy atom. The number of anilines is 3. The highest BCUT2D eigenvalue weighted by Gasteiger charge is 2.22. The lowest BCUT2D eigenvalue weighted by molar-refractivity contribution is -0.0298. The molecule has 9 nitrogen and oxygen atoms in total. The number of carbonyl (C=O) groups is 1. The van der Waals surface area contributed by atoms with Crippen molar-refractivity contribution in [3.8, 4) is 11.3 Å². The summed E-state index contributed by atoms with van der Waals surface area (Å²) in [5.41, 5.74) is 6.02. The van der Waals surface area contributed by atoms with Crippen molar-refractivity contribution in [3.05, 3.63) is 90.6 Å². The lowest BCUT2D eigenvalue weighted by Gasteiger charge is -2.23. The van der Waals surface area contributed by atoms with E-state index in [1.807, 2.05) is 60.0 Å². The molecular formula is C29H27N7O2. The molecule has 1 amide bonds. The second-order valence-electron chi connectivity index (χ2n) is 9.24. The van der Waals surface area contributed by atoms with Crippen LogP contribution in [0.5, 0.6) is 0 Å². The van der Waals surface area contributed by atoms with E-state index in [2.05, 4.69) is 30.6 Å². The highest BCUT2D eigenvalue weighted by Crippen LogP contribution is 2.34. The summed E-state index contributed by atoms with van der Waals surface area (Å²) in [6.07, 6.45) is 8.12. The summed E-state index contributed by atoms with van der Waals surface area (Å²) >= 11 is 0. The van der Waals surface area contributed by atoms with Gasteiger partial charge in [-0.15, -0.1) is 0 Å². The minimum atomic E-state index is -0.167. The number of nitrogens with one attached hydrogen (secondary N) is 2. The van der Waals surface area contributed by atoms with Crippen molar-refractivity contribution in [2.45, 2.75) is 32.4 Å². The summed E-state index contributed by atoms with van der Waals surface area (Å²) in [4.78, 5) is 31.1. The third-order valence-corrected chi connectivity index (χ3v) is 6.67. The monoisotopic (exact) mass is 505 g/mol. The third-order valence-electron chi connectivity index (χ3n) is 6.67. The van der Waals surface area contributed by atoms with Crippen molar-refractivity contribution < 1.29 is 9.53 Å². The zero-order valence-corrected chi connectivity index (χ0v) is 21.0. The molecule has 9 heteroatoms. The minimum Gasteiger partial charge on any atom is -0.358 e. The fraction of sp³-hybridized carbons (Fsp3) is 0.207. The molecule has 5 aromatic rings. The van der Waals surface area contributed by atoms with Gasteiger partial charge in [-0.2, -0.15) is 0 Å². The van der Waals surface area contributed by atoms with Gasteiger partial charge in [0.2, 0.25) is 0 Å². The zero-order valence-electron chi connectivity index (χ0n) is 21.0. The van der Waals surface area contributed by atoms with Crippen LogP contribution in [0, 0.1) is 6.92 Å². The van der Waals surface area contributed by atoms with Gasteiger partial charge in [-0.05, 0) is 68.1 Å². The number of aryl methyl sites for hydroxylation is 1. The number of nitrogens with zero attached hydrogens (tertiary/aromatic N) is 5. The van der Waals surface area contributed by atoms with E-state index in [0.29, 0.717) is 28.3 Å². The first-order valence-electron chi connectivity index (χ1n) is 12.7. The largest absolute Gasteiger partial charge is 0.358 e. The van der Waals surface area contributed by atoms with E-state index in [4.69, 9.17) is 4.74 Å². The predicted molar refractivity (Wildman–Crippen MR) is 146 cm³/mol. The van der Waals surface area contributed by atoms with Gasteiger partial charge in [0.05, 0.1) is 6.33 Å². The number of hydrogen-bond donors (Lipinski definition) is 2. The maximum atomic E-state index is 12.7. The van der Waals surface area contributed by atoms with Gasteiger partial charge in [-0.1, -0.05) is 24.3 Å². The van der Waals surface area contributed by atoms with E-state index in [0.717, 1.165) is 48.3 Å². The van der Waals surface area contributed by atoms with Gasteiger partial charge in [-0.25, -0.2) is 19.9 Å². The first kappa shape index (κ1) is 23.7. The van der Waals surface area contributed by atoms with Gasteiger partial charge < -0.3 is 15.4 Å². The van der Waals surface area contributed by atoms with Crippen molar-refractivity contribution >= 4 is 34.3 Å². The molecule has 0 radical (unpaired) electrons. The molecule has 0 saturated carbocycles. The first-order chi connectivity index (χ1) is 18.7. The average Bonchev–Trinajstić information content (AvgIpc) is 3.41. The van der Waals surface area contributed by atoms with Crippen molar-refractivity contribution in [2.75, 3.05) is 17.2 Å². The quantitative estimate of drug-likeness (QED) is 0.296. The molecule has 2 aromatic carbocycles. The van der Waals surface area contributed by atoms with Crippen molar-refractivity contribution in [1.29, 1.82) is 0 Å². The summed E-state index contributed by atoms with van der Waals surface area (Å²) in [5, 5.41) is 6.42. The Kier molecular flexibility index (Phi) is 6.49. The number of carbonyl (C=O) groups excluding carboxylic acids is 1. The second kappa shape index (κ2) is 10.4. The Morgan fingerprint density at radius 1 is 1.00 bits per heavy atom. The third kappa shape index (κ3) is 4.71. The van der Waals surface area contributed by atoms with Gasteiger partial charge in [0.25, 0.3) is 5.91 Å². The first-order valence-corrected chi connectivity index (χ1v) is 12.7. The lowest BCUT2D eigenvalue weighted by atomic mass is 10.1. The maximum absolute atomic E-state index is 12.7. The summed E-state index contributed by atoms with van der Waals surface area (Å²) in [7, 11) is 0. The molecule has 1 fully saturated rings. The normalized spacial score (nSPS) is 15.3. The summed E-state index contributed by atoms with van der Waals surface area (Å²) < 4.78 is 7.96. The summed E-state index contributed by atoms with van der Waals surface area (Å²) in [5.74, 6) is 0.463. The summed E-state index contributed by atoms with van der Waals surface area (Å²) in [6, 6.07) is 18.7. The van der Waals surface area contributed by atoms with Gasteiger partial charge in [0.1, 0.15) is 29.6 Å². The van der Waals surface area contributed by atoms with Crippen molar-refractivity contribution in [2.24, 2.45) is 0 Å². The predicted octanol–water partition coefficient (Wildman–Crippen LogP) is 5.89. The molecule has 3 aromatic heterocycles. The Bertz CT molecular complexity index is 1590. The zero-order chi connectivity index (χ0) is 25.9. The molecule has 190 valence electrons. The highest BCUT2D eigenvalue weighted by atomic mass is 16.5. The molecule has 0 aliphatic carbocycles. The number of aromatic nitrogens is 5. The van der Waals surface area contributed by atoms with E-state index in [1.54, 1.807) is 31.0 Å². The number of benzene rings is 2. The number of amides is 1. The molecule has 1 atom stereocenters. The highest BCUT2D eigenvalue weighted by molar-refractivity contribution is 6.04. The fourth-order valence-electron chi connectivity index (χ4n) is 4.65. The molecule has 2 N–H and O–H groups in total. The SMILES string of the molecule is Cc1ccc(NC(=O)c2ccccc2)cc1Nc1ncccc1-c1ncnc2c1ncn2C1CCCCO1. The van der Waals surface area contributed by atoms with Crippen LogP contribution < -0.4 is 10.6 Å². The van der Waals surface area contributed by atoms with Crippen LogP contribution in [0.4, 0.5) is 17.2 Å². The summed E-state index contributed by atoms with van der Waals surface area (Å²) in [6.45, 7) is 2.74. The number of pyridine rings is 1. The Morgan fingerprint density at radius 3 is 2.74 bits per heavy atom. The van der Waals surface area contributed by atoms with Gasteiger partial charge >= 0.3 is 0 Å². The van der Waals surface area contributed by atoms with Crippen LogP contribution in [-0.2, 0) is 4.74 Å².